The number of amides is 2. The number of aryl methyl sites for hydroxylation is 1. The molecule has 0 saturated heterocycles. The molecule has 5 nitrogen and oxygen atoms in total. The van der Waals surface area contributed by atoms with E-state index in [2.05, 4.69) is 10.6 Å². The van der Waals surface area contributed by atoms with Crippen molar-refractivity contribution in [3.8, 4) is 5.75 Å². The van der Waals surface area contributed by atoms with Gasteiger partial charge in [0.1, 0.15) is 10.8 Å². The summed E-state index contributed by atoms with van der Waals surface area (Å²) in [5.41, 5.74) is 2.40. The van der Waals surface area contributed by atoms with Gasteiger partial charge in [0.15, 0.2) is 0 Å². The normalized spacial score (nSPS) is 12.6. The first-order valence-electron chi connectivity index (χ1n) is 8.02. The highest BCUT2D eigenvalue weighted by molar-refractivity contribution is 7.17. The maximum atomic E-state index is 12.8. The van der Waals surface area contributed by atoms with E-state index in [1.807, 2.05) is 0 Å². The minimum Gasteiger partial charge on any atom is -0.497 e. The Labute approximate surface area is 145 Å². The van der Waals surface area contributed by atoms with Crippen molar-refractivity contribution in [3.05, 3.63) is 40.3 Å². The van der Waals surface area contributed by atoms with Crippen LogP contribution in [-0.2, 0) is 17.6 Å². The maximum absolute atomic E-state index is 12.8. The number of ether oxygens (including phenoxy) is 1. The molecule has 0 radical (unpaired) electrons. The summed E-state index contributed by atoms with van der Waals surface area (Å²) in [5.74, 6) is 0.486. The highest BCUT2D eigenvalue weighted by Crippen LogP contribution is 2.39. The summed E-state index contributed by atoms with van der Waals surface area (Å²) >= 11 is 1.52. The lowest BCUT2D eigenvalue weighted by Crippen LogP contribution is -2.17. The molecule has 0 atom stereocenters. The van der Waals surface area contributed by atoms with Crippen molar-refractivity contribution in [3.63, 3.8) is 0 Å². The molecule has 3 rings (SSSR count). The van der Waals surface area contributed by atoms with Crippen LogP contribution in [0.4, 0.5) is 10.7 Å². The van der Waals surface area contributed by atoms with Crippen LogP contribution in [0.15, 0.2) is 24.3 Å². The van der Waals surface area contributed by atoms with Gasteiger partial charge in [0.25, 0.3) is 5.91 Å². The number of carbonyl (C=O) groups excluding carboxylic acids is 2. The standard InChI is InChI=1S/C18H20N2O3S/c1-3-15(21)20-18-16(13-5-4-6-14(13)24-18)17(22)19-11-7-9-12(23-2)10-8-11/h7-10H,3-6H2,1-2H3,(H,19,22)(H,20,21). The van der Waals surface area contributed by atoms with Gasteiger partial charge >= 0.3 is 0 Å². The van der Waals surface area contributed by atoms with Crippen LogP contribution in [0.3, 0.4) is 0 Å². The summed E-state index contributed by atoms with van der Waals surface area (Å²) in [6.07, 6.45) is 3.32. The van der Waals surface area contributed by atoms with Crippen LogP contribution in [0.5, 0.6) is 5.75 Å². The monoisotopic (exact) mass is 344 g/mol. The van der Waals surface area contributed by atoms with E-state index in [0.29, 0.717) is 22.7 Å². The molecule has 24 heavy (non-hydrogen) atoms. The Kier molecular flexibility index (Phi) is 4.85. The number of hydrogen-bond acceptors (Lipinski definition) is 4. The number of benzene rings is 1. The van der Waals surface area contributed by atoms with Crippen molar-refractivity contribution in [2.45, 2.75) is 32.6 Å². The average Bonchev–Trinajstić information content (AvgIpc) is 3.15. The summed E-state index contributed by atoms with van der Waals surface area (Å²) in [5, 5.41) is 6.46. The minimum absolute atomic E-state index is 0.0755. The molecule has 0 unspecified atom stereocenters. The number of hydrogen-bond donors (Lipinski definition) is 2. The van der Waals surface area contributed by atoms with Crippen molar-refractivity contribution in [1.82, 2.24) is 0 Å². The van der Waals surface area contributed by atoms with E-state index in [0.717, 1.165) is 30.6 Å². The Bertz CT molecular complexity index is 765. The van der Waals surface area contributed by atoms with Crippen LogP contribution >= 0.6 is 11.3 Å². The number of methoxy groups -OCH3 is 1. The molecule has 1 heterocycles. The molecule has 1 aliphatic carbocycles. The maximum Gasteiger partial charge on any atom is 0.258 e. The molecule has 1 aromatic heterocycles. The molecule has 6 heteroatoms. The summed E-state index contributed by atoms with van der Waals surface area (Å²) in [4.78, 5) is 25.8. The quantitative estimate of drug-likeness (QED) is 0.866. The van der Waals surface area contributed by atoms with Gasteiger partial charge < -0.3 is 15.4 Å². The van der Waals surface area contributed by atoms with Gasteiger partial charge in [0, 0.05) is 17.0 Å². The molecular weight excluding hydrogens is 324 g/mol. The highest BCUT2D eigenvalue weighted by Gasteiger charge is 2.27. The van der Waals surface area contributed by atoms with E-state index in [9.17, 15) is 9.59 Å². The van der Waals surface area contributed by atoms with Crippen LogP contribution in [0.2, 0.25) is 0 Å². The molecule has 1 aliphatic rings. The fourth-order valence-corrected chi connectivity index (χ4v) is 4.12. The smallest absolute Gasteiger partial charge is 0.258 e. The molecule has 1 aromatic carbocycles. The third-order valence-electron chi connectivity index (χ3n) is 4.07. The Morgan fingerprint density at radius 2 is 1.92 bits per heavy atom. The van der Waals surface area contributed by atoms with Crippen LogP contribution < -0.4 is 15.4 Å². The van der Waals surface area contributed by atoms with Crippen molar-refractivity contribution < 1.29 is 14.3 Å². The summed E-state index contributed by atoms with van der Waals surface area (Å²) < 4.78 is 5.12. The second-order valence-electron chi connectivity index (χ2n) is 5.65. The molecule has 0 aliphatic heterocycles. The van der Waals surface area contributed by atoms with E-state index in [1.54, 1.807) is 38.3 Å². The molecule has 126 valence electrons. The first-order chi connectivity index (χ1) is 11.6. The molecular formula is C18H20N2O3S. The van der Waals surface area contributed by atoms with Crippen LogP contribution in [0.1, 0.15) is 40.6 Å². The molecule has 2 aromatic rings. The Balaban J connectivity index is 1.86. The van der Waals surface area contributed by atoms with Gasteiger partial charge in [-0.1, -0.05) is 6.92 Å². The van der Waals surface area contributed by atoms with Crippen molar-refractivity contribution in [2.75, 3.05) is 17.7 Å². The lowest BCUT2D eigenvalue weighted by atomic mass is 10.1. The van der Waals surface area contributed by atoms with E-state index in [1.165, 1.54) is 16.2 Å². The molecule has 2 amide bonds. The lowest BCUT2D eigenvalue weighted by molar-refractivity contribution is -0.115. The topological polar surface area (TPSA) is 67.4 Å². The van der Waals surface area contributed by atoms with Gasteiger partial charge in [-0.05, 0) is 49.1 Å². The number of fused-ring (bicyclic) bond motifs is 1. The first-order valence-corrected chi connectivity index (χ1v) is 8.83. The summed E-state index contributed by atoms with van der Waals surface area (Å²) in [6, 6.07) is 7.20. The van der Waals surface area contributed by atoms with E-state index < -0.39 is 0 Å². The fraction of sp³-hybridized carbons (Fsp3) is 0.333. The Morgan fingerprint density at radius 3 is 2.58 bits per heavy atom. The second kappa shape index (κ2) is 7.05. The van der Waals surface area contributed by atoms with Gasteiger partial charge in [-0.2, -0.15) is 0 Å². The molecule has 0 saturated carbocycles. The average molecular weight is 344 g/mol. The Hall–Kier alpha value is -2.34. The SMILES string of the molecule is CCC(=O)Nc1sc2c(c1C(=O)Nc1ccc(OC)cc1)CCC2. The number of thiophene rings is 1. The third kappa shape index (κ3) is 3.28. The summed E-state index contributed by atoms with van der Waals surface area (Å²) in [6.45, 7) is 1.80. The van der Waals surface area contributed by atoms with Gasteiger partial charge in [0.2, 0.25) is 5.91 Å². The predicted octanol–water partition coefficient (Wildman–Crippen LogP) is 3.85. The summed E-state index contributed by atoms with van der Waals surface area (Å²) in [7, 11) is 1.60. The van der Waals surface area contributed by atoms with Gasteiger partial charge in [-0.25, -0.2) is 0 Å². The van der Waals surface area contributed by atoms with E-state index in [4.69, 9.17) is 4.74 Å². The highest BCUT2D eigenvalue weighted by atomic mass is 32.1. The largest absolute Gasteiger partial charge is 0.497 e. The van der Waals surface area contributed by atoms with E-state index >= 15 is 0 Å². The first kappa shape index (κ1) is 16.5. The zero-order chi connectivity index (χ0) is 17.1. The van der Waals surface area contributed by atoms with Gasteiger partial charge in [-0.3, -0.25) is 9.59 Å². The lowest BCUT2D eigenvalue weighted by Gasteiger charge is -2.09. The third-order valence-corrected chi connectivity index (χ3v) is 5.28. The Morgan fingerprint density at radius 1 is 1.17 bits per heavy atom. The van der Waals surface area contributed by atoms with Crippen molar-refractivity contribution in [2.24, 2.45) is 0 Å². The molecule has 0 bridgehead atoms. The van der Waals surface area contributed by atoms with Gasteiger partial charge in [0.05, 0.1) is 12.7 Å². The van der Waals surface area contributed by atoms with Crippen LogP contribution in [0, 0.1) is 0 Å². The zero-order valence-electron chi connectivity index (χ0n) is 13.8. The van der Waals surface area contributed by atoms with Crippen molar-refractivity contribution in [1.29, 1.82) is 0 Å². The molecule has 0 fully saturated rings. The fourth-order valence-electron chi connectivity index (χ4n) is 2.82. The predicted molar refractivity (Wildman–Crippen MR) is 96.2 cm³/mol. The number of anilines is 2. The van der Waals surface area contributed by atoms with E-state index in [-0.39, 0.29) is 11.8 Å². The molecule has 2 N–H and O–H groups in total. The molecule has 0 spiro atoms. The van der Waals surface area contributed by atoms with Crippen molar-refractivity contribution >= 4 is 33.8 Å². The van der Waals surface area contributed by atoms with Gasteiger partial charge in [-0.15, -0.1) is 11.3 Å². The minimum atomic E-state index is -0.175. The van der Waals surface area contributed by atoms with Crippen LogP contribution in [0.25, 0.3) is 0 Å². The second-order valence-corrected chi connectivity index (χ2v) is 6.75. The number of rotatable bonds is 5. The zero-order valence-corrected chi connectivity index (χ0v) is 14.6. The number of carbonyl (C=O) groups is 2. The van der Waals surface area contributed by atoms with Crippen LogP contribution in [-0.4, -0.2) is 18.9 Å². The number of nitrogens with one attached hydrogen (secondary N) is 2.